The van der Waals surface area contributed by atoms with E-state index in [1.54, 1.807) is 7.11 Å². The average Bonchev–Trinajstić information content (AvgIpc) is 2.84. The maximum atomic E-state index is 13.0. The van der Waals surface area contributed by atoms with Crippen molar-refractivity contribution >= 4 is 11.8 Å². The maximum absolute atomic E-state index is 13.0. The maximum Gasteiger partial charge on any atom is 0.248 e. The van der Waals surface area contributed by atoms with E-state index in [2.05, 4.69) is 12.2 Å². The molecule has 2 aliphatic rings. The molecule has 2 amide bonds. The number of nitrogens with zero attached hydrogens (tertiary/aromatic N) is 1. The zero-order valence-electron chi connectivity index (χ0n) is 12.6. The van der Waals surface area contributed by atoms with Crippen molar-refractivity contribution < 1.29 is 14.3 Å². The summed E-state index contributed by atoms with van der Waals surface area (Å²) in [5, 5.41) is 3.00. The van der Waals surface area contributed by atoms with Gasteiger partial charge in [0.05, 0.1) is 12.6 Å². The summed E-state index contributed by atoms with van der Waals surface area (Å²) in [6.07, 6.45) is 5.92. The number of methoxy groups -OCH3 is 1. The molecule has 1 unspecified atom stereocenters. The predicted molar refractivity (Wildman–Crippen MR) is 76.2 cm³/mol. The van der Waals surface area contributed by atoms with E-state index < -0.39 is 5.54 Å². The first-order valence-electron chi connectivity index (χ1n) is 7.74. The molecule has 1 aliphatic carbocycles. The van der Waals surface area contributed by atoms with Crippen molar-refractivity contribution in [3.05, 3.63) is 0 Å². The van der Waals surface area contributed by atoms with Crippen molar-refractivity contribution in [1.82, 2.24) is 10.2 Å². The summed E-state index contributed by atoms with van der Waals surface area (Å²) in [5.74, 6) is 0.117. The molecule has 0 bridgehead atoms. The minimum atomic E-state index is -0.632. The lowest BCUT2D eigenvalue weighted by Gasteiger charge is -2.36. The third kappa shape index (κ3) is 2.97. The number of ether oxygens (including phenoxy) is 1. The van der Waals surface area contributed by atoms with E-state index in [1.807, 2.05) is 4.90 Å². The number of hydrogen-bond donors (Lipinski definition) is 1. The normalized spacial score (nSPS) is 23.8. The Bertz CT molecular complexity index is 358. The minimum absolute atomic E-state index is 0.00964. The third-order valence-corrected chi connectivity index (χ3v) is 4.51. The van der Waals surface area contributed by atoms with E-state index in [-0.39, 0.29) is 17.9 Å². The number of hydrogen-bond acceptors (Lipinski definition) is 3. The second-order valence-corrected chi connectivity index (χ2v) is 5.98. The molecule has 1 heterocycles. The van der Waals surface area contributed by atoms with Gasteiger partial charge in [-0.25, -0.2) is 0 Å². The lowest BCUT2D eigenvalue weighted by molar-refractivity contribution is -0.141. The smallest absolute Gasteiger partial charge is 0.248 e. The molecular formula is C15H26N2O3. The molecule has 1 saturated heterocycles. The van der Waals surface area contributed by atoms with Crippen molar-refractivity contribution in [2.45, 2.75) is 63.5 Å². The molecule has 0 aromatic rings. The number of carbonyl (C=O) groups is 2. The van der Waals surface area contributed by atoms with Gasteiger partial charge in [-0.05, 0) is 19.3 Å². The highest BCUT2D eigenvalue weighted by Crippen LogP contribution is 2.34. The summed E-state index contributed by atoms with van der Waals surface area (Å²) in [7, 11) is 1.67. The second-order valence-electron chi connectivity index (χ2n) is 5.98. The Morgan fingerprint density at radius 3 is 2.65 bits per heavy atom. The summed E-state index contributed by atoms with van der Waals surface area (Å²) < 4.78 is 5.28. The second kappa shape index (κ2) is 6.57. The molecule has 1 aliphatic heterocycles. The summed E-state index contributed by atoms with van der Waals surface area (Å²) in [6.45, 7) is 3.17. The Morgan fingerprint density at radius 2 is 2.05 bits per heavy atom. The van der Waals surface area contributed by atoms with Crippen LogP contribution in [0.2, 0.25) is 0 Å². The fourth-order valence-corrected chi connectivity index (χ4v) is 3.50. The monoisotopic (exact) mass is 282 g/mol. The summed E-state index contributed by atoms with van der Waals surface area (Å²) in [6, 6.07) is 0.0858. The molecule has 1 N–H and O–H groups in total. The SMILES string of the molecule is CCCC(COC)N1CCC(=O)NC2(CCCC2)C1=O. The molecule has 1 atom stereocenters. The quantitative estimate of drug-likeness (QED) is 0.830. The van der Waals surface area contributed by atoms with E-state index in [4.69, 9.17) is 4.74 Å². The van der Waals surface area contributed by atoms with Crippen molar-refractivity contribution in [2.24, 2.45) is 0 Å². The van der Waals surface area contributed by atoms with Crippen LogP contribution >= 0.6 is 0 Å². The zero-order chi connectivity index (χ0) is 14.6. The average molecular weight is 282 g/mol. The molecule has 114 valence electrons. The summed E-state index contributed by atoms with van der Waals surface area (Å²) >= 11 is 0. The highest BCUT2D eigenvalue weighted by molar-refractivity contribution is 5.94. The topological polar surface area (TPSA) is 58.6 Å². The van der Waals surface area contributed by atoms with Crippen LogP contribution < -0.4 is 5.32 Å². The van der Waals surface area contributed by atoms with Crippen LogP contribution in [0.1, 0.15) is 51.9 Å². The Morgan fingerprint density at radius 1 is 1.35 bits per heavy atom. The molecule has 2 rings (SSSR count). The van der Waals surface area contributed by atoms with Gasteiger partial charge in [0.1, 0.15) is 5.54 Å². The molecule has 0 aromatic carbocycles. The Hall–Kier alpha value is -1.10. The van der Waals surface area contributed by atoms with Gasteiger partial charge < -0.3 is 15.0 Å². The molecule has 20 heavy (non-hydrogen) atoms. The molecule has 1 saturated carbocycles. The first-order valence-corrected chi connectivity index (χ1v) is 7.74. The van der Waals surface area contributed by atoms with Crippen LogP contribution in [0.15, 0.2) is 0 Å². The Balaban J connectivity index is 2.22. The van der Waals surface area contributed by atoms with E-state index in [9.17, 15) is 9.59 Å². The predicted octanol–water partition coefficient (Wildman–Crippen LogP) is 1.46. The van der Waals surface area contributed by atoms with Gasteiger partial charge in [-0.3, -0.25) is 9.59 Å². The van der Waals surface area contributed by atoms with E-state index in [0.717, 1.165) is 38.5 Å². The molecular weight excluding hydrogens is 256 g/mol. The van der Waals surface area contributed by atoms with E-state index in [0.29, 0.717) is 19.6 Å². The number of carbonyl (C=O) groups excluding carboxylic acids is 2. The van der Waals surface area contributed by atoms with Gasteiger partial charge in [0.15, 0.2) is 0 Å². The van der Waals surface area contributed by atoms with Crippen molar-refractivity contribution in [3.63, 3.8) is 0 Å². The van der Waals surface area contributed by atoms with Crippen molar-refractivity contribution in [2.75, 3.05) is 20.3 Å². The molecule has 0 aromatic heterocycles. The van der Waals surface area contributed by atoms with Crippen LogP contribution in [-0.4, -0.2) is 48.6 Å². The van der Waals surface area contributed by atoms with Gasteiger partial charge in [0, 0.05) is 20.1 Å². The van der Waals surface area contributed by atoms with Gasteiger partial charge >= 0.3 is 0 Å². The van der Waals surface area contributed by atoms with Gasteiger partial charge in [-0.15, -0.1) is 0 Å². The molecule has 2 fully saturated rings. The standard InChI is InChI=1S/C15H26N2O3/c1-3-6-12(11-20-2)17-10-7-13(18)16-15(14(17)19)8-4-5-9-15/h12H,3-11H2,1-2H3,(H,16,18). The van der Waals surface area contributed by atoms with Crippen molar-refractivity contribution in [3.8, 4) is 0 Å². The Labute approximate surface area is 121 Å². The van der Waals surface area contributed by atoms with Gasteiger partial charge in [-0.2, -0.15) is 0 Å². The van der Waals surface area contributed by atoms with Gasteiger partial charge in [0.2, 0.25) is 11.8 Å². The number of rotatable bonds is 5. The lowest BCUT2D eigenvalue weighted by atomic mass is 9.94. The molecule has 0 radical (unpaired) electrons. The van der Waals surface area contributed by atoms with Crippen molar-refractivity contribution in [1.29, 1.82) is 0 Å². The van der Waals surface area contributed by atoms with E-state index >= 15 is 0 Å². The van der Waals surface area contributed by atoms with Crippen LogP contribution in [0.3, 0.4) is 0 Å². The molecule has 1 spiro atoms. The van der Waals surface area contributed by atoms with Crippen LogP contribution in [0.4, 0.5) is 0 Å². The Kier molecular flexibility index (Phi) is 5.02. The lowest BCUT2D eigenvalue weighted by Crippen LogP contribution is -2.57. The molecule has 5 nitrogen and oxygen atoms in total. The highest BCUT2D eigenvalue weighted by Gasteiger charge is 2.47. The van der Waals surface area contributed by atoms with Crippen LogP contribution in [0.25, 0.3) is 0 Å². The van der Waals surface area contributed by atoms with E-state index in [1.165, 1.54) is 0 Å². The summed E-state index contributed by atoms with van der Waals surface area (Å²) in [5.41, 5.74) is -0.632. The fraction of sp³-hybridized carbons (Fsp3) is 0.867. The van der Waals surface area contributed by atoms with Gasteiger partial charge in [-0.1, -0.05) is 26.2 Å². The fourth-order valence-electron chi connectivity index (χ4n) is 3.50. The van der Waals surface area contributed by atoms with Crippen LogP contribution in [0.5, 0.6) is 0 Å². The highest BCUT2D eigenvalue weighted by atomic mass is 16.5. The number of amides is 2. The van der Waals surface area contributed by atoms with Crippen LogP contribution in [0, 0.1) is 0 Å². The minimum Gasteiger partial charge on any atom is -0.383 e. The first-order chi connectivity index (χ1) is 9.63. The largest absolute Gasteiger partial charge is 0.383 e. The zero-order valence-corrected chi connectivity index (χ0v) is 12.6. The summed E-state index contributed by atoms with van der Waals surface area (Å²) in [4.78, 5) is 26.8. The first kappa shape index (κ1) is 15.3. The number of nitrogens with one attached hydrogen (secondary N) is 1. The van der Waals surface area contributed by atoms with Crippen LogP contribution in [-0.2, 0) is 14.3 Å². The van der Waals surface area contributed by atoms with Gasteiger partial charge in [0.25, 0.3) is 0 Å². The third-order valence-electron chi connectivity index (χ3n) is 4.51. The molecule has 5 heteroatoms.